The molecule has 1 aliphatic rings. The molecule has 0 spiro atoms. The average Bonchev–Trinajstić information content (AvgIpc) is 3.05. The number of H-pyrrole nitrogens is 1. The molecule has 6 N–H and O–H groups in total. The molecule has 0 unspecified atom stereocenters. The van der Waals surface area contributed by atoms with Gasteiger partial charge in [0.15, 0.2) is 11.9 Å². The van der Waals surface area contributed by atoms with Crippen LogP contribution < -0.4 is 11.3 Å². The van der Waals surface area contributed by atoms with Gasteiger partial charge in [-0.3, -0.25) is 9.36 Å². The fourth-order valence-electron chi connectivity index (χ4n) is 2.97. The number of fused-ring (bicyclic) bond motifs is 3. The third kappa shape index (κ3) is 1.85. The van der Waals surface area contributed by atoms with E-state index in [4.69, 9.17) is 10.5 Å². The molecule has 4 rings (SSSR count). The SMILES string of the molecule is Nc1ncnc2c1c1c(=O)[nH]nnc1n2[C@@H]1O[C@H](CO)[C@@H](O)[C@H]1O. The van der Waals surface area contributed by atoms with Crippen molar-refractivity contribution in [2.24, 2.45) is 0 Å². The lowest BCUT2D eigenvalue weighted by Crippen LogP contribution is -2.33. The first-order valence-corrected chi connectivity index (χ1v) is 7.02. The molecule has 0 saturated carbocycles. The molecule has 12 nitrogen and oxygen atoms in total. The van der Waals surface area contributed by atoms with Crippen molar-refractivity contribution in [2.45, 2.75) is 24.5 Å². The topological polar surface area (TPSA) is 185 Å². The summed E-state index contributed by atoms with van der Waals surface area (Å²) in [5.41, 5.74) is 5.56. The molecule has 12 heteroatoms. The van der Waals surface area contributed by atoms with Gasteiger partial charge >= 0.3 is 0 Å². The fourth-order valence-corrected chi connectivity index (χ4v) is 2.97. The van der Waals surface area contributed by atoms with Gasteiger partial charge in [0.2, 0.25) is 0 Å². The second kappa shape index (κ2) is 5.17. The Balaban J connectivity index is 2.07. The molecule has 1 fully saturated rings. The summed E-state index contributed by atoms with van der Waals surface area (Å²) in [4.78, 5) is 20.1. The fraction of sp³-hybridized carbons (Fsp3) is 0.417. The number of nitrogen functional groups attached to an aromatic ring is 1. The Morgan fingerprint density at radius 3 is 2.75 bits per heavy atom. The molecule has 24 heavy (non-hydrogen) atoms. The summed E-state index contributed by atoms with van der Waals surface area (Å²) in [6.07, 6.45) is -3.63. The van der Waals surface area contributed by atoms with E-state index in [0.29, 0.717) is 0 Å². The van der Waals surface area contributed by atoms with Crippen LogP contribution in [0.1, 0.15) is 6.23 Å². The first kappa shape index (κ1) is 14.9. The summed E-state index contributed by atoms with van der Waals surface area (Å²) in [5, 5.41) is 39.4. The van der Waals surface area contributed by atoms with Crippen molar-refractivity contribution >= 4 is 27.9 Å². The number of hydrogen-bond donors (Lipinski definition) is 5. The van der Waals surface area contributed by atoms with Crippen molar-refractivity contribution in [3.05, 3.63) is 16.7 Å². The molecule has 0 amide bonds. The Bertz CT molecular complexity index is 985. The molecule has 0 aromatic carbocycles. The molecule has 3 aromatic heterocycles. The van der Waals surface area contributed by atoms with Crippen LogP contribution in [0.5, 0.6) is 0 Å². The van der Waals surface area contributed by atoms with Gasteiger partial charge in [0, 0.05) is 0 Å². The summed E-state index contributed by atoms with van der Waals surface area (Å²) in [6, 6.07) is 0. The summed E-state index contributed by atoms with van der Waals surface area (Å²) in [5.74, 6) is 0.0500. The number of nitrogens with one attached hydrogen (secondary N) is 1. The molecule has 126 valence electrons. The van der Waals surface area contributed by atoms with Crippen LogP contribution in [0.15, 0.2) is 11.1 Å². The lowest BCUT2D eigenvalue weighted by molar-refractivity contribution is -0.0492. The van der Waals surface area contributed by atoms with Gasteiger partial charge < -0.3 is 25.8 Å². The van der Waals surface area contributed by atoms with Gasteiger partial charge in [0.05, 0.1) is 12.0 Å². The van der Waals surface area contributed by atoms with Gasteiger partial charge in [-0.15, -0.1) is 5.10 Å². The van der Waals surface area contributed by atoms with E-state index in [1.54, 1.807) is 0 Å². The largest absolute Gasteiger partial charge is 0.394 e. The number of nitrogens with two attached hydrogens (primary N) is 1. The highest BCUT2D eigenvalue weighted by Gasteiger charge is 2.45. The summed E-state index contributed by atoms with van der Waals surface area (Å²) < 4.78 is 6.82. The van der Waals surface area contributed by atoms with E-state index < -0.39 is 36.7 Å². The summed E-state index contributed by atoms with van der Waals surface area (Å²) in [6.45, 7) is -0.491. The number of ether oxygens (including phenoxy) is 1. The molecule has 1 saturated heterocycles. The maximum Gasteiger partial charge on any atom is 0.277 e. The van der Waals surface area contributed by atoms with Crippen molar-refractivity contribution in [3.8, 4) is 0 Å². The maximum atomic E-state index is 12.2. The lowest BCUT2D eigenvalue weighted by Gasteiger charge is -2.17. The number of aliphatic hydroxyl groups is 3. The molecular weight excluding hydrogens is 322 g/mol. The van der Waals surface area contributed by atoms with E-state index in [2.05, 4.69) is 25.4 Å². The maximum absolute atomic E-state index is 12.2. The van der Waals surface area contributed by atoms with Gasteiger partial charge in [-0.1, -0.05) is 5.21 Å². The summed E-state index contributed by atoms with van der Waals surface area (Å²) in [7, 11) is 0. The third-order valence-corrected chi connectivity index (χ3v) is 4.08. The van der Waals surface area contributed by atoms with E-state index in [9.17, 15) is 20.1 Å². The van der Waals surface area contributed by atoms with Crippen LogP contribution in [-0.4, -0.2) is 70.2 Å². The van der Waals surface area contributed by atoms with Crippen molar-refractivity contribution in [2.75, 3.05) is 12.3 Å². The Hall–Kier alpha value is -2.67. The van der Waals surface area contributed by atoms with Gasteiger partial charge in [-0.05, 0) is 0 Å². The predicted molar refractivity (Wildman–Crippen MR) is 78.7 cm³/mol. The minimum Gasteiger partial charge on any atom is -0.394 e. The van der Waals surface area contributed by atoms with Crippen LogP contribution in [0, 0.1) is 0 Å². The van der Waals surface area contributed by atoms with E-state index >= 15 is 0 Å². The Kier molecular flexibility index (Phi) is 3.21. The standard InChI is InChI=1S/C12H13N7O5/c13-8-4-5-10(16-18-17-11(5)23)19(9(4)15-2-14-8)12-7(22)6(21)3(1-20)24-12/h2-3,6-7,12,20-22H,1H2,(H2,13,14,15)(H,16,17,23)/t3-,6-,7-,12-/m1/s1. The van der Waals surface area contributed by atoms with E-state index in [1.807, 2.05) is 0 Å². The van der Waals surface area contributed by atoms with Crippen LogP contribution in [0.3, 0.4) is 0 Å². The van der Waals surface area contributed by atoms with Crippen molar-refractivity contribution in [1.29, 1.82) is 0 Å². The Labute approximate surface area is 132 Å². The minimum absolute atomic E-state index is 0.0500. The van der Waals surface area contributed by atoms with E-state index in [1.165, 1.54) is 10.9 Å². The normalized spacial score (nSPS) is 27.3. The lowest BCUT2D eigenvalue weighted by atomic mass is 10.1. The zero-order chi connectivity index (χ0) is 17.0. The quantitative estimate of drug-likeness (QED) is 0.329. The van der Waals surface area contributed by atoms with Crippen molar-refractivity contribution in [1.82, 2.24) is 29.9 Å². The number of aromatic nitrogens is 6. The van der Waals surface area contributed by atoms with Gasteiger partial charge in [-0.2, -0.15) is 0 Å². The first-order chi connectivity index (χ1) is 11.5. The number of anilines is 1. The third-order valence-electron chi connectivity index (χ3n) is 4.08. The number of nitrogens with zero attached hydrogens (tertiary/aromatic N) is 5. The zero-order valence-corrected chi connectivity index (χ0v) is 12.1. The van der Waals surface area contributed by atoms with Crippen molar-refractivity contribution in [3.63, 3.8) is 0 Å². The highest BCUT2D eigenvalue weighted by Crippen LogP contribution is 2.36. The van der Waals surface area contributed by atoms with E-state index in [0.717, 1.165) is 0 Å². The Morgan fingerprint density at radius 1 is 1.25 bits per heavy atom. The molecule has 0 radical (unpaired) electrons. The molecule has 4 atom stereocenters. The number of aromatic amines is 1. The molecular formula is C12H13N7O5. The minimum atomic E-state index is -1.38. The van der Waals surface area contributed by atoms with Crippen LogP contribution in [-0.2, 0) is 4.74 Å². The molecule has 1 aliphatic heterocycles. The second-order valence-corrected chi connectivity index (χ2v) is 5.40. The predicted octanol–water partition coefficient (Wildman–Crippen LogP) is -2.74. The molecule has 4 heterocycles. The second-order valence-electron chi connectivity index (χ2n) is 5.40. The van der Waals surface area contributed by atoms with Gasteiger partial charge in [-0.25, -0.2) is 15.1 Å². The number of hydrogen-bond acceptors (Lipinski definition) is 10. The van der Waals surface area contributed by atoms with Gasteiger partial charge in [0.1, 0.15) is 41.5 Å². The molecule has 3 aromatic rings. The smallest absolute Gasteiger partial charge is 0.277 e. The summed E-state index contributed by atoms with van der Waals surface area (Å²) >= 11 is 0. The van der Waals surface area contributed by atoms with Crippen molar-refractivity contribution < 1.29 is 20.1 Å². The molecule has 0 bridgehead atoms. The average molecular weight is 335 g/mol. The molecule has 0 aliphatic carbocycles. The highest BCUT2D eigenvalue weighted by molar-refractivity contribution is 6.09. The van der Waals surface area contributed by atoms with Crippen LogP contribution in [0.2, 0.25) is 0 Å². The Morgan fingerprint density at radius 2 is 2.04 bits per heavy atom. The van der Waals surface area contributed by atoms with Gasteiger partial charge in [0.25, 0.3) is 5.56 Å². The van der Waals surface area contributed by atoms with Crippen LogP contribution in [0.4, 0.5) is 5.82 Å². The van der Waals surface area contributed by atoms with Crippen LogP contribution >= 0.6 is 0 Å². The zero-order valence-electron chi connectivity index (χ0n) is 12.1. The monoisotopic (exact) mass is 335 g/mol. The van der Waals surface area contributed by atoms with Crippen LogP contribution in [0.25, 0.3) is 22.1 Å². The highest BCUT2D eigenvalue weighted by atomic mass is 16.6. The first-order valence-electron chi connectivity index (χ1n) is 7.02. The number of rotatable bonds is 2. The number of aliphatic hydroxyl groups excluding tert-OH is 3. The van der Waals surface area contributed by atoms with E-state index in [-0.39, 0.29) is 27.9 Å².